The molecule has 0 aliphatic carbocycles. The van der Waals surface area contributed by atoms with Gasteiger partial charge < -0.3 is 4.90 Å². The molecule has 0 aromatic carbocycles. The first-order chi connectivity index (χ1) is 8.49. The summed E-state index contributed by atoms with van der Waals surface area (Å²) in [6.07, 6.45) is 1.26. The average molecular weight is 293 g/mol. The van der Waals surface area contributed by atoms with Crippen LogP contribution in [-0.4, -0.2) is 39.6 Å². The van der Waals surface area contributed by atoms with Crippen molar-refractivity contribution in [2.75, 3.05) is 26.2 Å². The molecule has 0 unspecified atom stereocenters. The number of likely N-dealkylation sites (N-methyl/N-ethyl adjacent to an activating group) is 1. The number of nitrogens with zero attached hydrogens (tertiary/aromatic N) is 1. The Morgan fingerprint density at radius 2 is 2.00 bits per heavy atom. The zero-order chi connectivity index (χ0) is 13.6. The Labute approximate surface area is 113 Å². The third-order valence-corrected chi connectivity index (χ3v) is 4.45. The van der Waals surface area contributed by atoms with Crippen LogP contribution >= 0.6 is 11.6 Å². The van der Waals surface area contributed by atoms with Crippen LogP contribution in [0.15, 0.2) is 23.2 Å². The van der Waals surface area contributed by atoms with Crippen LogP contribution in [0.2, 0.25) is 5.15 Å². The molecular weight excluding hydrogens is 274 g/mol. The molecule has 102 valence electrons. The fraction of sp³-hybridized carbons (Fsp3) is 0.545. The fourth-order valence-electron chi connectivity index (χ4n) is 1.57. The molecule has 0 aliphatic rings. The maximum Gasteiger partial charge on any atom is 0.242 e. The van der Waals surface area contributed by atoms with Crippen molar-refractivity contribution >= 4 is 21.6 Å². The van der Waals surface area contributed by atoms with Gasteiger partial charge in [0.2, 0.25) is 10.0 Å². The highest BCUT2D eigenvalue weighted by molar-refractivity contribution is 7.89. The van der Waals surface area contributed by atoms with Gasteiger partial charge in [0.25, 0.3) is 0 Å². The maximum absolute atomic E-state index is 11.9. The average Bonchev–Trinajstić information content (AvgIpc) is 2.35. The number of nitrogens with one attached hydrogen (secondary N) is 2. The van der Waals surface area contributed by atoms with E-state index in [9.17, 15) is 8.42 Å². The van der Waals surface area contributed by atoms with Crippen LogP contribution in [0.1, 0.15) is 13.8 Å². The smallest absolute Gasteiger partial charge is 0.242 e. The summed E-state index contributed by atoms with van der Waals surface area (Å²) in [6, 6.07) is 2.91. The highest BCUT2D eigenvalue weighted by Gasteiger charge is 2.14. The Hall–Kier alpha value is -0.690. The van der Waals surface area contributed by atoms with Crippen molar-refractivity contribution < 1.29 is 13.3 Å². The van der Waals surface area contributed by atoms with Crippen LogP contribution in [0.25, 0.3) is 0 Å². The van der Waals surface area contributed by atoms with Crippen LogP contribution in [0.4, 0.5) is 0 Å². The largest absolute Gasteiger partial charge is 0.334 e. The summed E-state index contributed by atoms with van der Waals surface area (Å²) in [4.78, 5) is 5.26. The normalized spacial score (nSPS) is 12.0. The van der Waals surface area contributed by atoms with E-state index in [1.165, 1.54) is 23.2 Å². The van der Waals surface area contributed by atoms with Crippen molar-refractivity contribution in [3.05, 3.63) is 23.5 Å². The second-order valence-corrected chi connectivity index (χ2v) is 6.08. The van der Waals surface area contributed by atoms with E-state index in [1.54, 1.807) is 0 Å². The second kappa shape index (κ2) is 7.04. The van der Waals surface area contributed by atoms with Gasteiger partial charge in [-0.3, -0.25) is 0 Å². The molecule has 0 atom stereocenters. The Balaban J connectivity index is 2.57. The van der Waals surface area contributed by atoms with Crippen molar-refractivity contribution in [3.63, 3.8) is 0 Å². The molecule has 7 heteroatoms. The zero-order valence-electron chi connectivity index (χ0n) is 10.6. The standard InChI is InChI=1S/C11H18ClN3O2S/c1-3-15(4-2)8-7-14-18(16,17)10-5-6-11(12)13-9-10/h5-6,9,14H,3-4,7-8H2,1-2H3/p+1. The molecule has 18 heavy (non-hydrogen) atoms. The molecule has 0 fully saturated rings. The summed E-state index contributed by atoms with van der Waals surface area (Å²) in [7, 11) is -3.47. The van der Waals surface area contributed by atoms with Crippen molar-refractivity contribution in [2.45, 2.75) is 18.7 Å². The molecule has 1 heterocycles. The SMILES string of the molecule is CC[NH+](CC)CCNS(=O)(=O)c1ccc(Cl)nc1. The molecule has 2 N–H and O–H groups in total. The van der Waals surface area contributed by atoms with Crippen LogP contribution in [0.5, 0.6) is 0 Å². The molecular formula is C11H19ClN3O2S+. The van der Waals surface area contributed by atoms with Gasteiger partial charge in [0.05, 0.1) is 26.2 Å². The van der Waals surface area contributed by atoms with E-state index in [0.29, 0.717) is 6.54 Å². The summed E-state index contributed by atoms with van der Waals surface area (Å²) in [5.41, 5.74) is 0. The Kier molecular flexibility index (Phi) is 6.01. The first-order valence-electron chi connectivity index (χ1n) is 5.94. The third kappa shape index (κ3) is 4.53. The second-order valence-electron chi connectivity index (χ2n) is 3.92. The topological polar surface area (TPSA) is 63.5 Å². The lowest BCUT2D eigenvalue weighted by Gasteiger charge is -2.15. The van der Waals surface area contributed by atoms with E-state index in [1.807, 2.05) is 0 Å². The van der Waals surface area contributed by atoms with Crippen molar-refractivity contribution in [1.29, 1.82) is 0 Å². The van der Waals surface area contributed by atoms with E-state index in [2.05, 4.69) is 23.6 Å². The minimum atomic E-state index is -3.47. The first-order valence-corrected chi connectivity index (χ1v) is 7.80. The minimum Gasteiger partial charge on any atom is -0.334 e. The molecule has 0 amide bonds. The number of halogens is 1. The summed E-state index contributed by atoms with van der Waals surface area (Å²) in [5.74, 6) is 0. The van der Waals surface area contributed by atoms with Crippen LogP contribution in [0, 0.1) is 0 Å². The van der Waals surface area contributed by atoms with Gasteiger partial charge in [0, 0.05) is 6.20 Å². The number of quaternary nitrogens is 1. The van der Waals surface area contributed by atoms with Gasteiger partial charge in [-0.05, 0) is 26.0 Å². The Morgan fingerprint density at radius 1 is 1.33 bits per heavy atom. The van der Waals surface area contributed by atoms with E-state index in [4.69, 9.17) is 11.6 Å². The summed E-state index contributed by atoms with van der Waals surface area (Å²) in [6.45, 7) is 7.32. The van der Waals surface area contributed by atoms with Gasteiger partial charge in [-0.15, -0.1) is 0 Å². The highest BCUT2D eigenvalue weighted by atomic mass is 35.5. The van der Waals surface area contributed by atoms with Crippen molar-refractivity contribution in [1.82, 2.24) is 9.71 Å². The monoisotopic (exact) mass is 292 g/mol. The number of hydrogen-bond acceptors (Lipinski definition) is 3. The number of pyridine rings is 1. The summed E-state index contributed by atoms with van der Waals surface area (Å²) in [5, 5.41) is 0.279. The molecule has 1 rings (SSSR count). The number of sulfonamides is 1. The van der Waals surface area contributed by atoms with Gasteiger partial charge in [-0.25, -0.2) is 18.1 Å². The summed E-state index contributed by atoms with van der Waals surface area (Å²) < 4.78 is 26.4. The molecule has 0 bridgehead atoms. The Bertz CT molecular complexity index is 458. The molecule has 0 radical (unpaired) electrons. The number of rotatable bonds is 7. The van der Waals surface area contributed by atoms with Gasteiger partial charge in [0.15, 0.2) is 0 Å². The molecule has 1 aromatic heterocycles. The number of aromatic nitrogens is 1. The maximum atomic E-state index is 11.9. The fourth-order valence-corrected chi connectivity index (χ4v) is 2.66. The van der Waals surface area contributed by atoms with Gasteiger partial charge in [-0.1, -0.05) is 11.6 Å². The predicted octanol–water partition coefficient (Wildman–Crippen LogP) is -0.0620. The Morgan fingerprint density at radius 3 is 2.50 bits per heavy atom. The lowest BCUT2D eigenvalue weighted by Crippen LogP contribution is -3.12. The molecule has 5 nitrogen and oxygen atoms in total. The van der Waals surface area contributed by atoms with Gasteiger partial charge in [-0.2, -0.15) is 0 Å². The molecule has 0 saturated carbocycles. The van der Waals surface area contributed by atoms with Crippen molar-refractivity contribution in [3.8, 4) is 0 Å². The highest BCUT2D eigenvalue weighted by Crippen LogP contribution is 2.09. The van der Waals surface area contributed by atoms with Crippen molar-refractivity contribution in [2.24, 2.45) is 0 Å². The molecule has 0 aliphatic heterocycles. The van der Waals surface area contributed by atoms with Crippen LogP contribution < -0.4 is 9.62 Å². The van der Waals surface area contributed by atoms with Crippen LogP contribution in [0.3, 0.4) is 0 Å². The van der Waals surface area contributed by atoms with E-state index in [-0.39, 0.29) is 10.0 Å². The van der Waals surface area contributed by atoms with E-state index >= 15 is 0 Å². The predicted molar refractivity (Wildman–Crippen MR) is 71.3 cm³/mol. The molecule has 0 spiro atoms. The summed E-state index contributed by atoms with van der Waals surface area (Å²) >= 11 is 5.62. The molecule has 0 saturated heterocycles. The third-order valence-electron chi connectivity index (χ3n) is 2.78. The zero-order valence-corrected chi connectivity index (χ0v) is 12.2. The van der Waals surface area contributed by atoms with Crippen LogP contribution in [-0.2, 0) is 10.0 Å². The lowest BCUT2D eigenvalue weighted by atomic mass is 10.5. The number of hydrogen-bond donors (Lipinski definition) is 2. The van der Waals surface area contributed by atoms with E-state index < -0.39 is 10.0 Å². The lowest BCUT2D eigenvalue weighted by molar-refractivity contribution is -0.895. The van der Waals surface area contributed by atoms with Gasteiger partial charge >= 0.3 is 0 Å². The quantitative estimate of drug-likeness (QED) is 0.692. The molecule has 1 aromatic rings. The van der Waals surface area contributed by atoms with Gasteiger partial charge in [0.1, 0.15) is 10.0 Å². The first kappa shape index (κ1) is 15.4. The van der Waals surface area contributed by atoms with E-state index in [0.717, 1.165) is 19.6 Å². The minimum absolute atomic E-state index is 0.140.